The molecule has 0 unspecified atom stereocenters. The van der Waals surface area contributed by atoms with Crippen molar-refractivity contribution in [1.82, 2.24) is 4.90 Å². The predicted octanol–water partition coefficient (Wildman–Crippen LogP) is 4.83. The van der Waals surface area contributed by atoms with Gasteiger partial charge in [-0.15, -0.1) is 0 Å². The van der Waals surface area contributed by atoms with Crippen LogP contribution in [0.1, 0.15) is 43.9 Å². The first-order valence-electron chi connectivity index (χ1n) is 9.32. The summed E-state index contributed by atoms with van der Waals surface area (Å²) in [6.45, 7) is 6.08. The molecule has 0 saturated carbocycles. The molecule has 4 heteroatoms. The van der Waals surface area contributed by atoms with Crippen molar-refractivity contribution in [2.75, 3.05) is 20.8 Å². The van der Waals surface area contributed by atoms with Crippen LogP contribution in [0.5, 0.6) is 17.2 Å². The van der Waals surface area contributed by atoms with Crippen molar-refractivity contribution >= 4 is 0 Å². The van der Waals surface area contributed by atoms with Crippen LogP contribution < -0.4 is 14.2 Å². The molecule has 3 rings (SSSR count). The van der Waals surface area contributed by atoms with Gasteiger partial charge in [0.2, 0.25) is 0 Å². The summed E-state index contributed by atoms with van der Waals surface area (Å²) in [5.74, 6) is 2.51. The molecule has 2 aromatic rings. The fourth-order valence-corrected chi connectivity index (χ4v) is 3.62. The minimum absolute atomic E-state index is 0.132. The molecule has 0 aliphatic carbocycles. The summed E-state index contributed by atoms with van der Waals surface area (Å²) in [7, 11) is 3.40. The second-order valence-electron chi connectivity index (χ2n) is 7.05. The highest BCUT2D eigenvalue weighted by molar-refractivity contribution is 5.43. The van der Waals surface area contributed by atoms with Crippen LogP contribution in [0.15, 0.2) is 42.5 Å². The van der Waals surface area contributed by atoms with Gasteiger partial charge in [-0.2, -0.15) is 0 Å². The zero-order valence-electron chi connectivity index (χ0n) is 16.2. The summed E-state index contributed by atoms with van der Waals surface area (Å²) in [5, 5.41) is 0. The largest absolute Gasteiger partial charge is 0.497 e. The fraction of sp³-hybridized carbons (Fsp3) is 0.455. The second kappa shape index (κ2) is 8.45. The van der Waals surface area contributed by atoms with E-state index in [4.69, 9.17) is 14.2 Å². The van der Waals surface area contributed by atoms with Crippen molar-refractivity contribution in [3.8, 4) is 17.2 Å². The Kier molecular flexibility index (Phi) is 6.04. The zero-order chi connectivity index (χ0) is 18.5. The minimum atomic E-state index is 0.132. The number of benzene rings is 2. The second-order valence-corrected chi connectivity index (χ2v) is 7.05. The van der Waals surface area contributed by atoms with Crippen LogP contribution in [0.25, 0.3) is 0 Å². The first kappa shape index (κ1) is 18.6. The van der Waals surface area contributed by atoms with E-state index in [1.807, 2.05) is 32.0 Å². The Bertz CT molecular complexity index is 712. The summed E-state index contributed by atoms with van der Waals surface area (Å²) in [4.78, 5) is 2.54. The average Bonchev–Trinajstić information content (AvgIpc) is 3.10. The maximum absolute atomic E-state index is 5.82. The van der Waals surface area contributed by atoms with Gasteiger partial charge >= 0.3 is 0 Å². The van der Waals surface area contributed by atoms with E-state index in [0.29, 0.717) is 6.04 Å². The van der Waals surface area contributed by atoms with Crippen molar-refractivity contribution in [3.63, 3.8) is 0 Å². The molecule has 0 radical (unpaired) electrons. The molecule has 1 aliphatic heterocycles. The number of hydrogen-bond acceptors (Lipinski definition) is 4. The molecule has 0 amide bonds. The third-order valence-corrected chi connectivity index (χ3v) is 4.84. The van der Waals surface area contributed by atoms with Crippen molar-refractivity contribution in [2.45, 2.75) is 45.4 Å². The molecule has 1 fully saturated rings. The van der Waals surface area contributed by atoms with E-state index in [1.54, 1.807) is 14.2 Å². The van der Waals surface area contributed by atoms with E-state index in [2.05, 4.69) is 29.2 Å². The molecular weight excluding hydrogens is 326 g/mol. The van der Waals surface area contributed by atoms with Crippen LogP contribution in [0, 0.1) is 0 Å². The molecule has 0 aromatic heterocycles. The molecule has 1 aliphatic rings. The SMILES string of the molecule is COc1ccc([C@@H]2CCCN2Cc2ccc(OC(C)C)c(OC)c2)cc1. The van der Waals surface area contributed by atoms with Crippen molar-refractivity contribution in [2.24, 2.45) is 0 Å². The van der Waals surface area contributed by atoms with Gasteiger partial charge in [-0.3, -0.25) is 4.90 Å². The molecule has 0 bridgehead atoms. The third-order valence-electron chi connectivity index (χ3n) is 4.84. The topological polar surface area (TPSA) is 30.9 Å². The van der Waals surface area contributed by atoms with Gasteiger partial charge in [-0.1, -0.05) is 18.2 Å². The monoisotopic (exact) mass is 355 g/mol. The van der Waals surface area contributed by atoms with Gasteiger partial charge in [0, 0.05) is 12.6 Å². The quantitative estimate of drug-likeness (QED) is 0.712. The molecule has 2 aromatic carbocycles. The smallest absolute Gasteiger partial charge is 0.161 e. The van der Waals surface area contributed by atoms with E-state index in [0.717, 1.165) is 30.3 Å². The average molecular weight is 355 g/mol. The predicted molar refractivity (Wildman–Crippen MR) is 104 cm³/mol. The lowest BCUT2D eigenvalue weighted by Crippen LogP contribution is -2.22. The Balaban J connectivity index is 1.74. The molecule has 26 heavy (non-hydrogen) atoms. The number of nitrogens with zero attached hydrogens (tertiary/aromatic N) is 1. The third kappa shape index (κ3) is 4.31. The summed E-state index contributed by atoms with van der Waals surface area (Å²) < 4.78 is 16.6. The van der Waals surface area contributed by atoms with Crippen LogP contribution in [0.3, 0.4) is 0 Å². The molecular formula is C22H29NO3. The Labute approximate surface area is 156 Å². The molecule has 4 nitrogen and oxygen atoms in total. The molecule has 1 atom stereocenters. The van der Waals surface area contributed by atoms with E-state index >= 15 is 0 Å². The normalized spacial score (nSPS) is 17.5. The van der Waals surface area contributed by atoms with Gasteiger partial charge in [0.25, 0.3) is 0 Å². The maximum Gasteiger partial charge on any atom is 0.161 e. The molecule has 1 saturated heterocycles. The number of ether oxygens (including phenoxy) is 3. The van der Waals surface area contributed by atoms with Gasteiger partial charge in [-0.25, -0.2) is 0 Å². The molecule has 140 valence electrons. The Morgan fingerprint density at radius 2 is 1.77 bits per heavy atom. The van der Waals surface area contributed by atoms with Gasteiger partial charge in [0.1, 0.15) is 5.75 Å². The maximum atomic E-state index is 5.82. The lowest BCUT2D eigenvalue weighted by Gasteiger charge is -2.25. The first-order valence-corrected chi connectivity index (χ1v) is 9.32. The summed E-state index contributed by atoms with van der Waals surface area (Å²) >= 11 is 0. The van der Waals surface area contributed by atoms with E-state index < -0.39 is 0 Å². The highest BCUT2D eigenvalue weighted by Gasteiger charge is 2.26. The highest BCUT2D eigenvalue weighted by Crippen LogP contribution is 2.35. The number of rotatable bonds is 7. The number of likely N-dealkylation sites (tertiary alicyclic amines) is 1. The number of methoxy groups -OCH3 is 2. The van der Waals surface area contributed by atoms with Gasteiger partial charge in [0.15, 0.2) is 11.5 Å². The van der Waals surface area contributed by atoms with Crippen LogP contribution in [0.2, 0.25) is 0 Å². The molecule has 0 N–H and O–H groups in total. The fourth-order valence-electron chi connectivity index (χ4n) is 3.62. The Hall–Kier alpha value is -2.20. The van der Waals surface area contributed by atoms with Crippen molar-refractivity contribution in [1.29, 1.82) is 0 Å². The molecule has 1 heterocycles. The van der Waals surface area contributed by atoms with Gasteiger partial charge in [0.05, 0.1) is 20.3 Å². The van der Waals surface area contributed by atoms with Crippen LogP contribution in [0.4, 0.5) is 0 Å². The van der Waals surface area contributed by atoms with Crippen molar-refractivity contribution < 1.29 is 14.2 Å². The lowest BCUT2D eigenvalue weighted by molar-refractivity contribution is 0.228. The van der Waals surface area contributed by atoms with E-state index in [-0.39, 0.29) is 6.10 Å². The Morgan fingerprint density at radius 3 is 2.42 bits per heavy atom. The highest BCUT2D eigenvalue weighted by atomic mass is 16.5. The van der Waals surface area contributed by atoms with Crippen LogP contribution in [-0.4, -0.2) is 31.8 Å². The summed E-state index contributed by atoms with van der Waals surface area (Å²) in [6, 6.07) is 15.2. The van der Waals surface area contributed by atoms with Gasteiger partial charge in [-0.05, 0) is 68.6 Å². The Morgan fingerprint density at radius 1 is 1.00 bits per heavy atom. The van der Waals surface area contributed by atoms with E-state index in [1.165, 1.54) is 24.0 Å². The first-order chi connectivity index (χ1) is 12.6. The summed E-state index contributed by atoms with van der Waals surface area (Å²) in [6.07, 6.45) is 2.55. The van der Waals surface area contributed by atoms with Crippen LogP contribution in [-0.2, 0) is 6.54 Å². The molecule has 0 spiro atoms. The van der Waals surface area contributed by atoms with Crippen LogP contribution >= 0.6 is 0 Å². The standard InChI is InChI=1S/C22H29NO3/c1-16(2)26-21-12-7-17(14-22(21)25-4)15-23-13-5-6-20(23)18-8-10-19(24-3)11-9-18/h7-12,14,16,20H,5-6,13,15H2,1-4H3/t20-/m0/s1. The minimum Gasteiger partial charge on any atom is -0.497 e. The van der Waals surface area contributed by atoms with E-state index in [9.17, 15) is 0 Å². The lowest BCUT2D eigenvalue weighted by atomic mass is 10.0. The van der Waals surface area contributed by atoms with Gasteiger partial charge < -0.3 is 14.2 Å². The summed E-state index contributed by atoms with van der Waals surface area (Å²) in [5.41, 5.74) is 2.60. The van der Waals surface area contributed by atoms with Crippen molar-refractivity contribution in [3.05, 3.63) is 53.6 Å². The number of hydrogen-bond donors (Lipinski definition) is 0. The zero-order valence-corrected chi connectivity index (χ0v) is 16.2.